The van der Waals surface area contributed by atoms with Crippen molar-refractivity contribution in [3.8, 4) is 6.07 Å². The van der Waals surface area contributed by atoms with Crippen molar-refractivity contribution in [3.63, 3.8) is 0 Å². The summed E-state index contributed by atoms with van der Waals surface area (Å²) in [5.41, 5.74) is 8.89. The highest BCUT2D eigenvalue weighted by Crippen LogP contribution is 2.43. The van der Waals surface area contributed by atoms with Gasteiger partial charge in [-0.05, 0) is 28.8 Å². The fourth-order valence-electron chi connectivity index (χ4n) is 4.49. The van der Waals surface area contributed by atoms with Crippen LogP contribution in [0.4, 0.5) is 10.5 Å². The molecule has 4 rings (SSSR count). The third-order valence-corrected chi connectivity index (χ3v) is 6.45. The van der Waals surface area contributed by atoms with E-state index in [0.29, 0.717) is 11.3 Å². The zero-order valence-corrected chi connectivity index (χ0v) is 22.5. The number of nitriles is 1. The van der Waals surface area contributed by atoms with Crippen LogP contribution >= 0.6 is 0 Å². The number of esters is 2. The molecule has 0 aliphatic carbocycles. The number of hydrogen-bond donors (Lipinski definition) is 2. The minimum absolute atomic E-state index is 0.0372. The number of nitrogens with two attached hydrogens (primary N) is 1. The van der Waals surface area contributed by atoms with Crippen molar-refractivity contribution >= 4 is 23.7 Å². The minimum Gasteiger partial charge on any atom is -0.466 e. The highest BCUT2D eigenvalue weighted by Gasteiger charge is 2.42. The molecule has 3 aromatic rings. The average Bonchev–Trinajstić information content (AvgIpc) is 3.02. The van der Waals surface area contributed by atoms with Gasteiger partial charge in [0.2, 0.25) is 0 Å². The maximum Gasteiger partial charge on any atom is 0.407 e. The third kappa shape index (κ3) is 6.20. The number of rotatable bonds is 8. The summed E-state index contributed by atoms with van der Waals surface area (Å²) in [5.74, 6) is -2.63. The monoisotopic (exact) mass is 552 g/mol. The summed E-state index contributed by atoms with van der Waals surface area (Å²) in [7, 11) is 2.38. The molecule has 0 saturated heterocycles. The third-order valence-electron chi connectivity index (χ3n) is 6.45. The lowest BCUT2D eigenvalue weighted by molar-refractivity contribution is -0.139. The Morgan fingerprint density at radius 3 is 2.07 bits per heavy atom. The molecule has 1 heterocycles. The number of carbonyl (C=O) groups is 3. The van der Waals surface area contributed by atoms with E-state index in [0.717, 1.165) is 11.1 Å². The maximum atomic E-state index is 13.2. The van der Waals surface area contributed by atoms with E-state index < -0.39 is 23.9 Å². The zero-order chi connectivity index (χ0) is 29.4. The topological polar surface area (TPSA) is 144 Å². The molecular weight excluding hydrogens is 524 g/mol. The number of anilines is 1. The normalized spacial score (nSPS) is 14.7. The van der Waals surface area contributed by atoms with Gasteiger partial charge in [0.1, 0.15) is 18.1 Å². The smallest absolute Gasteiger partial charge is 0.407 e. The molecule has 1 unspecified atom stereocenters. The van der Waals surface area contributed by atoms with Gasteiger partial charge < -0.3 is 25.3 Å². The van der Waals surface area contributed by atoms with Crippen molar-refractivity contribution in [1.82, 2.24) is 5.32 Å². The summed E-state index contributed by atoms with van der Waals surface area (Å²) in [4.78, 5) is 39.7. The molecule has 10 nitrogen and oxygen atoms in total. The number of ether oxygens (including phenoxy) is 3. The summed E-state index contributed by atoms with van der Waals surface area (Å²) < 4.78 is 15.3. The van der Waals surface area contributed by atoms with Gasteiger partial charge >= 0.3 is 18.0 Å². The summed E-state index contributed by atoms with van der Waals surface area (Å²) in [6.07, 6.45) is -0.578. The lowest BCUT2D eigenvalue weighted by Gasteiger charge is -2.35. The SMILES string of the molecule is COC(=O)C1=C(C(=O)OC)N(c2ccc(CNC(=O)OCc3ccccc3)cc2)C(N)=C(C#N)C1c1ccccc1. The van der Waals surface area contributed by atoms with Crippen LogP contribution in [0.3, 0.4) is 0 Å². The highest BCUT2D eigenvalue weighted by molar-refractivity contribution is 6.06. The lowest BCUT2D eigenvalue weighted by Crippen LogP contribution is -2.40. The number of methoxy groups -OCH3 is 2. The number of carbonyl (C=O) groups excluding carboxylic acids is 3. The van der Waals surface area contributed by atoms with E-state index in [-0.39, 0.29) is 35.8 Å². The summed E-state index contributed by atoms with van der Waals surface area (Å²) in [6, 6.07) is 26.9. The fraction of sp³-hybridized carbons (Fsp3) is 0.161. The highest BCUT2D eigenvalue weighted by atomic mass is 16.5. The first-order valence-electron chi connectivity index (χ1n) is 12.6. The first-order valence-corrected chi connectivity index (χ1v) is 12.6. The molecule has 0 fully saturated rings. The van der Waals surface area contributed by atoms with Gasteiger partial charge in [-0.15, -0.1) is 0 Å². The van der Waals surface area contributed by atoms with Crippen LogP contribution in [0.15, 0.2) is 108 Å². The molecule has 0 radical (unpaired) electrons. The van der Waals surface area contributed by atoms with Gasteiger partial charge in [0.25, 0.3) is 0 Å². The Morgan fingerprint density at radius 2 is 1.49 bits per heavy atom. The quantitative estimate of drug-likeness (QED) is 0.313. The van der Waals surface area contributed by atoms with E-state index in [4.69, 9.17) is 19.9 Å². The van der Waals surface area contributed by atoms with Crippen LogP contribution in [0.1, 0.15) is 22.6 Å². The molecule has 3 N–H and O–H groups in total. The molecule has 0 aromatic heterocycles. The summed E-state index contributed by atoms with van der Waals surface area (Å²) in [5, 5.41) is 12.8. The van der Waals surface area contributed by atoms with Crippen molar-refractivity contribution in [2.75, 3.05) is 19.1 Å². The van der Waals surface area contributed by atoms with Crippen molar-refractivity contribution in [3.05, 3.63) is 124 Å². The second kappa shape index (κ2) is 13.0. The van der Waals surface area contributed by atoms with Crippen LogP contribution in [0.5, 0.6) is 0 Å². The molecule has 208 valence electrons. The second-order valence-electron chi connectivity index (χ2n) is 8.92. The lowest BCUT2D eigenvalue weighted by atomic mass is 9.81. The predicted octanol–water partition coefficient (Wildman–Crippen LogP) is 4.01. The van der Waals surface area contributed by atoms with Gasteiger partial charge in [0, 0.05) is 12.2 Å². The first-order chi connectivity index (χ1) is 19.9. The molecule has 3 aromatic carbocycles. The molecule has 1 aliphatic heterocycles. The molecular formula is C31H28N4O6. The summed E-state index contributed by atoms with van der Waals surface area (Å²) in [6.45, 7) is 0.314. The van der Waals surface area contributed by atoms with Crippen LogP contribution in [-0.2, 0) is 37.0 Å². The average molecular weight is 553 g/mol. The van der Waals surface area contributed by atoms with Crippen molar-refractivity contribution in [2.24, 2.45) is 5.73 Å². The Labute approximate surface area is 237 Å². The van der Waals surface area contributed by atoms with E-state index in [1.807, 2.05) is 30.3 Å². The Bertz CT molecular complexity index is 1530. The maximum absolute atomic E-state index is 13.2. The molecule has 1 atom stereocenters. The molecule has 0 spiro atoms. The number of amides is 1. The van der Waals surface area contributed by atoms with Crippen LogP contribution in [-0.4, -0.2) is 32.3 Å². The van der Waals surface area contributed by atoms with Gasteiger partial charge in [-0.25, -0.2) is 14.4 Å². The van der Waals surface area contributed by atoms with Crippen molar-refractivity contribution in [2.45, 2.75) is 19.1 Å². The van der Waals surface area contributed by atoms with Gasteiger partial charge in [-0.1, -0.05) is 72.8 Å². The number of benzene rings is 3. The van der Waals surface area contributed by atoms with Gasteiger partial charge in [-0.2, -0.15) is 5.26 Å². The fourth-order valence-corrected chi connectivity index (χ4v) is 4.49. The van der Waals surface area contributed by atoms with Crippen molar-refractivity contribution in [1.29, 1.82) is 5.26 Å². The number of alkyl carbamates (subject to hydrolysis) is 1. The Kier molecular flexibility index (Phi) is 9.02. The van der Waals surface area contributed by atoms with Crippen LogP contribution < -0.4 is 16.0 Å². The standard InChI is InChI=1S/C31H28N4O6/c1-39-29(36)26-25(22-11-7-4-8-12-22)24(17-32)28(33)35(27(26)30(37)40-2)23-15-13-20(14-16-23)18-34-31(38)41-19-21-9-5-3-6-10-21/h3-16,25H,18-19,33H2,1-2H3,(H,34,38). The Morgan fingerprint density at radius 1 is 0.878 bits per heavy atom. The van der Waals surface area contributed by atoms with Gasteiger partial charge in [-0.3, -0.25) is 4.90 Å². The molecule has 41 heavy (non-hydrogen) atoms. The van der Waals surface area contributed by atoms with Crippen molar-refractivity contribution < 1.29 is 28.6 Å². The van der Waals surface area contributed by atoms with E-state index in [1.165, 1.54) is 19.1 Å². The molecule has 0 bridgehead atoms. The number of allylic oxidation sites excluding steroid dienone is 1. The van der Waals surface area contributed by atoms with E-state index in [9.17, 15) is 19.6 Å². The predicted molar refractivity (Wildman–Crippen MR) is 149 cm³/mol. The molecule has 10 heteroatoms. The summed E-state index contributed by atoms with van der Waals surface area (Å²) >= 11 is 0. The number of nitrogens with one attached hydrogen (secondary N) is 1. The largest absolute Gasteiger partial charge is 0.466 e. The molecule has 1 aliphatic rings. The van der Waals surface area contributed by atoms with Crippen LogP contribution in [0.25, 0.3) is 0 Å². The van der Waals surface area contributed by atoms with E-state index >= 15 is 0 Å². The molecule has 0 saturated carbocycles. The number of nitrogens with zero attached hydrogens (tertiary/aromatic N) is 2. The van der Waals surface area contributed by atoms with Gasteiger partial charge in [0.15, 0.2) is 0 Å². The van der Waals surface area contributed by atoms with E-state index in [1.54, 1.807) is 54.6 Å². The van der Waals surface area contributed by atoms with Crippen LogP contribution in [0.2, 0.25) is 0 Å². The Balaban J connectivity index is 1.64. The molecule has 1 amide bonds. The van der Waals surface area contributed by atoms with E-state index in [2.05, 4.69) is 11.4 Å². The minimum atomic E-state index is -0.954. The zero-order valence-electron chi connectivity index (χ0n) is 22.5. The first kappa shape index (κ1) is 28.4. The Hall–Kier alpha value is -5.56. The van der Waals surface area contributed by atoms with Gasteiger partial charge in [0.05, 0.1) is 37.4 Å². The van der Waals surface area contributed by atoms with Crippen LogP contribution in [0, 0.1) is 11.3 Å². The second-order valence-corrected chi connectivity index (χ2v) is 8.92. The number of hydrogen-bond acceptors (Lipinski definition) is 9.